The zero-order chi connectivity index (χ0) is 16.9. The predicted molar refractivity (Wildman–Crippen MR) is 91.2 cm³/mol. The van der Waals surface area contributed by atoms with Crippen LogP contribution in [0.25, 0.3) is 11.0 Å². The van der Waals surface area contributed by atoms with Gasteiger partial charge < -0.3 is 4.90 Å². The number of sulfonamides is 1. The molecule has 0 unspecified atom stereocenters. The maximum absolute atomic E-state index is 12.9. The number of aryl methyl sites for hydroxylation is 2. The Hall–Kier alpha value is -1.51. The van der Waals surface area contributed by atoms with Gasteiger partial charge in [-0.15, -0.1) is 0 Å². The Kier molecular flexibility index (Phi) is 3.85. The van der Waals surface area contributed by atoms with E-state index in [1.165, 1.54) is 19.0 Å². The minimum Gasteiger partial charge on any atom is -0.300 e. The summed E-state index contributed by atoms with van der Waals surface area (Å²) < 4.78 is 29.1. The van der Waals surface area contributed by atoms with Crippen LogP contribution in [-0.4, -0.2) is 65.1 Å². The molecule has 1 aliphatic carbocycles. The molecule has 7 nitrogen and oxygen atoms in total. The Balaban J connectivity index is 1.55. The normalized spacial score (nSPS) is 20.8. The second-order valence-corrected chi connectivity index (χ2v) is 8.84. The number of nitrogens with zero attached hydrogens (tertiary/aromatic N) is 5. The summed E-state index contributed by atoms with van der Waals surface area (Å²) in [7, 11) is -1.68. The van der Waals surface area contributed by atoms with Crippen LogP contribution >= 0.6 is 0 Å². The summed E-state index contributed by atoms with van der Waals surface area (Å²) >= 11 is 0. The summed E-state index contributed by atoms with van der Waals surface area (Å²) in [6.45, 7) is 5.74. The first-order valence-electron chi connectivity index (χ1n) is 8.47. The van der Waals surface area contributed by atoms with Crippen LogP contribution in [0.3, 0.4) is 0 Å². The van der Waals surface area contributed by atoms with E-state index in [1.54, 1.807) is 15.1 Å². The van der Waals surface area contributed by atoms with E-state index in [-0.39, 0.29) is 4.90 Å². The van der Waals surface area contributed by atoms with E-state index < -0.39 is 10.0 Å². The summed E-state index contributed by atoms with van der Waals surface area (Å²) in [6.07, 6.45) is 4.11. The fourth-order valence-electron chi connectivity index (χ4n) is 3.40. The number of pyridine rings is 1. The highest BCUT2D eigenvalue weighted by atomic mass is 32.2. The monoisotopic (exact) mass is 349 g/mol. The van der Waals surface area contributed by atoms with Crippen LogP contribution in [0.15, 0.2) is 17.2 Å². The third-order valence-electron chi connectivity index (χ3n) is 5.02. The molecular weight excluding hydrogens is 326 g/mol. The maximum atomic E-state index is 12.9. The van der Waals surface area contributed by atoms with E-state index in [4.69, 9.17) is 0 Å². The molecule has 4 rings (SSSR count). The van der Waals surface area contributed by atoms with Gasteiger partial charge in [-0.2, -0.15) is 9.40 Å². The van der Waals surface area contributed by atoms with E-state index in [9.17, 15) is 8.42 Å². The van der Waals surface area contributed by atoms with Crippen molar-refractivity contribution in [1.82, 2.24) is 24.0 Å². The summed E-state index contributed by atoms with van der Waals surface area (Å²) in [5, 5.41) is 5.11. The van der Waals surface area contributed by atoms with Crippen molar-refractivity contribution in [1.29, 1.82) is 0 Å². The lowest BCUT2D eigenvalue weighted by atomic mass is 10.3. The van der Waals surface area contributed by atoms with Crippen LogP contribution in [0.4, 0.5) is 0 Å². The van der Waals surface area contributed by atoms with E-state index in [0.717, 1.165) is 36.6 Å². The van der Waals surface area contributed by atoms with Gasteiger partial charge >= 0.3 is 0 Å². The van der Waals surface area contributed by atoms with Crippen LogP contribution < -0.4 is 0 Å². The molecule has 0 atom stereocenters. The van der Waals surface area contributed by atoms with Crippen LogP contribution in [0, 0.1) is 12.8 Å². The number of hydrogen-bond acceptors (Lipinski definition) is 5. The standard InChI is InChI=1S/C16H23N5O2S/c1-12-15-9-14(10-17-16(15)19(2)18-12)24(22,23)21-7-5-20(6-8-21)11-13-3-4-13/h9-10,13H,3-8,11H2,1-2H3. The Morgan fingerprint density at radius 3 is 2.58 bits per heavy atom. The van der Waals surface area contributed by atoms with Crippen LogP contribution in [-0.2, 0) is 17.1 Å². The van der Waals surface area contributed by atoms with Gasteiger partial charge in [-0.25, -0.2) is 13.4 Å². The topological polar surface area (TPSA) is 71.3 Å². The molecule has 130 valence electrons. The van der Waals surface area contributed by atoms with Gasteiger partial charge in [0.25, 0.3) is 0 Å². The molecule has 2 aliphatic rings. The molecule has 1 aliphatic heterocycles. The van der Waals surface area contributed by atoms with Crippen molar-refractivity contribution in [2.75, 3.05) is 32.7 Å². The molecular formula is C16H23N5O2S. The van der Waals surface area contributed by atoms with Gasteiger partial charge in [0, 0.05) is 51.4 Å². The molecule has 0 spiro atoms. The highest BCUT2D eigenvalue weighted by Gasteiger charge is 2.31. The zero-order valence-electron chi connectivity index (χ0n) is 14.1. The molecule has 2 fully saturated rings. The Bertz CT molecular complexity index is 864. The number of aromatic nitrogens is 3. The molecule has 3 heterocycles. The Labute approximate surface area is 142 Å². The second kappa shape index (κ2) is 5.79. The van der Waals surface area contributed by atoms with Crippen molar-refractivity contribution in [3.8, 4) is 0 Å². The zero-order valence-corrected chi connectivity index (χ0v) is 15.0. The number of hydrogen-bond donors (Lipinski definition) is 0. The summed E-state index contributed by atoms with van der Waals surface area (Å²) in [6, 6.07) is 1.70. The first kappa shape index (κ1) is 16.0. The number of piperazine rings is 1. The van der Waals surface area contributed by atoms with Crippen molar-refractivity contribution in [2.45, 2.75) is 24.7 Å². The van der Waals surface area contributed by atoms with E-state index in [2.05, 4.69) is 15.0 Å². The van der Waals surface area contributed by atoms with Crippen molar-refractivity contribution in [2.24, 2.45) is 13.0 Å². The lowest BCUT2D eigenvalue weighted by Gasteiger charge is -2.33. The molecule has 24 heavy (non-hydrogen) atoms. The quantitative estimate of drug-likeness (QED) is 0.823. The Morgan fingerprint density at radius 1 is 1.21 bits per heavy atom. The van der Waals surface area contributed by atoms with Crippen molar-refractivity contribution in [3.05, 3.63) is 18.0 Å². The van der Waals surface area contributed by atoms with Gasteiger partial charge in [-0.3, -0.25) is 4.68 Å². The average molecular weight is 349 g/mol. The van der Waals surface area contributed by atoms with E-state index in [0.29, 0.717) is 18.7 Å². The fraction of sp³-hybridized carbons (Fsp3) is 0.625. The highest BCUT2D eigenvalue weighted by Crippen LogP contribution is 2.30. The summed E-state index contributed by atoms with van der Waals surface area (Å²) in [5.74, 6) is 0.841. The van der Waals surface area contributed by atoms with Gasteiger partial charge in [0.1, 0.15) is 4.90 Å². The van der Waals surface area contributed by atoms with Crippen molar-refractivity contribution in [3.63, 3.8) is 0 Å². The molecule has 0 bridgehead atoms. The van der Waals surface area contributed by atoms with Crippen molar-refractivity contribution >= 4 is 21.1 Å². The molecule has 0 radical (unpaired) electrons. The second-order valence-electron chi connectivity index (χ2n) is 6.90. The molecule has 2 aromatic rings. The number of rotatable bonds is 4. The largest absolute Gasteiger partial charge is 0.300 e. The van der Waals surface area contributed by atoms with E-state index in [1.807, 2.05) is 14.0 Å². The molecule has 8 heteroatoms. The first-order chi connectivity index (χ1) is 11.4. The molecule has 0 amide bonds. The summed E-state index contributed by atoms with van der Waals surface area (Å²) in [5.41, 5.74) is 1.51. The lowest BCUT2D eigenvalue weighted by molar-refractivity contribution is 0.182. The smallest absolute Gasteiger partial charge is 0.244 e. The van der Waals surface area contributed by atoms with Gasteiger partial charge in [0.05, 0.1) is 5.69 Å². The molecule has 0 aromatic carbocycles. The van der Waals surface area contributed by atoms with Gasteiger partial charge in [-0.05, 0) is 31.7 Å². The maximum Gasteiger partial charge on any atom is 0.244 e. The molecule has 2 aromatic heterocycles. The SMILES string of the molecule is Cc1nn(C)c2ncc(S(=O)(=O)N3CCN(CC4CC4)CC3)cc12. The first-order valence-corrected chi connectivity index (χ1v) is 9.91. The lowest BCUT2D eigenvalue weighted by Crippen LogP contribution is -2.49. The third-order valence-corrected chi connectivity index (χ3v) is 6.88. The van der Waals surface area contributed by atoms with Gasteiger partial charge in [0.15, 0.2) is 5.65 Å². The van der Waals surface area contributed by atoms with Crippen LogP contribution in [0.1, 0.15) is 18.5 Å². The Morgan fingerprint density at radius 2 is 1.92 bits per heavy atom. The predicted octanol–water partition coefficient (Wildman–Crippen LogP) is 0.993. The molecule has 1 saturated heterocycles. The average Bonchev–Trinajstić information content (AvgIpc) is 3.33. The van der Waals surface area contributed by atoms with E-state index >= 15 is 0 Å². The third kappa shape index (κ3) is 2.82. The summed E-state index contributed by atoms with van der Waals surface area (Å²) in [4.78, 5) is 6.96. The van der Waals surface area contributed by atoms with Crippen molar-refractivity contribution < 1.29 is 8.42 Å². The van der Waals surface area contributed by atoms with Crippen LogP contribution in [0.5, 0.6) is 0 Å². The number of fused-ring (bicyclic) bond motifs is 1. The minimum atomic E-state index is -3.49. The fourth-order valence-corrected chi connectivity index (χ4v) is 4.79. The molecule has 1 saturated carbocycles. The molecule has 0 N–H and O–H groups in total. The minimum absolute atomic E-state index is 0.266. The van der Waals surface area contributed by atoms with Gasteiger partial charge in [-0.1, -0.05) is 0 Å². The highest BCUT2D eigenvalue weighted by molar-refractivity contribution is 7.89. The van der Waals surface area contributed by atoms with Crippen LogP contribution in [0.2, 0.25) is 0 Å². The van der Waals surface area contributed by atoms with Gasteiger partial charge in [0.2, 0.25) is 10.0 Å².